The zero-order valence-electron chi connectivity index (χ0n) is 11.7. The van der Waals surface area contributed by atoms with Gasteiger partial charge in [-0.05, 0) is 42.5 Å². The Balaban J connectivity index is 1.85. The van der Waals surface area contributed by atoms with Gasteiger partial charge in [-0.25, -0.2) is 8.42 Å². The van der Waals surface area contributed by atoms with E-state index in [4.69, 9.17) is 11.6 Å². The number of nitrogens with one attached hydrogen (secondary N) is 1. The molecule has 0 unspecified atom stereocenters. The fraction of sp³-hybridized carbons (Fsp3) is 0. The molecule has 1 aliphatic rings. The Morgan fingerprint density at radius 1 is 0.913 bits per heavy atom. The zero-order chi connectivity index (χ0) is 16.0. The summed E-state index contributed by atoms with van der Waals surface area (Å²) in [6, 6.07) is 15.6. The highest BCUT2D eigenvalue weighted by Gasteiger charge is 2.27. The van der Waals surface area contributed by atoms with Gasteiger partial charge in [-0.2, -0.15) is 5.11 Å². The molecule has 23 heavy (non-hydrogen) atoms. The van der Waals surface area contributed by atoms with Crippen LogP contribution in [0.4, 0.5) is 17.1 Å². The van der Waals surface area contributed by atoms with Crippen LogP contribution in [0.15, 0.2) is 69.7 Å². The van der Waals surface area contributed by atoms with Crippen molar-refractivity contribution in [3.8, 4) is 0 Å². The molecular formula is C16H10ClN3O2S. The SMILES string of the molecule is O=S1(=O)Nc2ccc(N=Nc3ccc(Cl)cc3)c3cccc1c23. The highest BCUT2D eigenvalue weighted by molar-refractivity contribution is 7.93. The van der Waals surface area contributed by atoms with Gasteiger partial charge < -0.3 is 0 Å². The van der Waals surface area contributed by atoms with Gasteiger partial charge in [0.2, 0.25) is 0 Å². The molecule has 114 valence electrons. The first-order valence-corrected chi connectivity index (χ1v) is 8.66. The fourth-order valence-corrected chi connectivity index (χ4v) is 4.01. The second-order valence-electron chi connectivity index (χ2n) is 5.09. The van der Waals surface area contributed by atoms with Crippen molar-refractivity contribution in [3.63, 3.8) is 0 Å². The Bertz CT molecular complexity index is 1060. The molecule has 0 bridgehead atoms. The second-order valence-corrected chi connectivity index (χ2v) is 7.18. The first kappa shape index (κ1) is 14.2. The van der Waals surface area contributed by atoms with Crippen molar-refractivity contribution in [1.29, 1.82) is 0 Å². The van der Waals surface area contributed by atoms with Gasteiger partial charge in [0.1, 0.15) is 0 Å². The van der Waals surface area contributed by atoms with Crippen molar-refractivity contribution < 1.29 is 8.42 Å². The zero-order valence-corrected chi connectivity index (χ0v) is 13.3. The monoisotopic (exact) mass is 343 g/mol. The average Bonchev–Trinajstić information content (AvgIpc) is 2.81. The molecule has 0 aromatic heterocycles. The van der Waals surface area contributed by atoms with Crippen molar-refractivity contribution in [3.05, 3.63) is 59.6 Å². The third-order valence-electron chi connectivity index (χ3n) is 3.61. The minimum Gasteiger partial charge on any atom is -0.279 e. The first-order valence-electron chi connectivity index (χ1n) is 6.80. The largest absolute Gasteiger partial charge is 0.279 e. The summed E-state index contributed by atoms with van der Waals surface area (Å²) in [5.74, 6) is 0. The number of hydrogen-bond donors (Lipinski definition) is 1. The van der Waals surface area contributed by atoms with Crippen molar-refractivity contribution in [2.24, 2.45) is 10.2 Å². The van der Waals surface area contributed by atoms with Crippen molar-refractivity contribution in [2.75, 3.05) is 4.72 Å². The van der Waals surface area contributed by atoms with E-state index in [0.29, 0.717) is 27.5 Å². The molecular weight excluding hydrogens is 334 g/mol. The van der Waals surface area contributed by atoms with Crippen LogP contribution >= 0.6 is 11.6 Å². The van der Waals surface area contributed by atoms with Gasteiger partial charge in [0.05, 0.1) is 22.0 Å². The number of anilines is 1. The number of nitrogens with zero attached hydrogens (tertiary/aromatic N) is 2. The Morgan fingerprint density at radius 3 is 2.48 bits per heavy atom. The van der Waals surface area contributed by atoms with Gasteiger partial charge in [-0.1, -0.05) is 23.7 Å². The van der Waals surface area contributed by atoms with Crippen molar-refractivity contribution in [1.82, 2.24) is 0 Å². The Labute approximate surface area is 137 Å². The molecule has 0 amide bonds. The summed E-state index contributed by atoms with van der Waals surface area (Å²) in [5, 5.41) is 10.5. The molecule has 0 radical (unpaired) electrons. The lowest BCUT2D eigenvalue weighted by molar-refractivity contribution is 0.603. The van der Waals surface area contributed by atoms with Crippen LogP contribution in [0.5, 0.6) is 0 Å². The van der Waals surface area contributed by atoms with Crippen LogP contribution in [0.25, 0.3) is 10.8 Å². The van der Waals surface area contributed by atoms with Gasteiger partial charge in [-0.3, -0.25) is 4.72 Å². The number of azo groups is 1. The van der Waals surface area contributed by atoms with E-state index in [2.05, 4.69) is 15.0 Å². The van der Waals surface area contributed by atoms with E-state index in [9.17, 15) is 8.42 Å². The van der Waals surface area contributed by atoms with Gasteiger partial charge >= 0.3 is 0 Å². The van der Waals surface area contributed by atoms with Crippen LogP contribution < -0.4 is 4.72 Å². The Kier molecular flexibility index (Phi) is 3.11. The summed E-state index contributed by atoms with van der Waals surface area (Å²) in [6.45, 7) is 0. The number of benzene rings is 3. The van der Waals surface area contributed by atoms with Crippen LogP contribution in [0, 0.1) is 0 Å². The molecule has 7 heteroatoms. The third kappa shape index (κ3) is 2.36. The highest BCUT2D eigenvalue weighted by atomic mass is 35.5. The summed E-state index contributed by atoms with van der Waals surface area (Å²) in [7, 11) is -3.48. The lowest BCUT2D eigenvalue weighted by Crippen LogP contribution is -2.05. The normalized spacial score (nSPS) is 15.2. The maximum atomic E-state index is 12.1. The maximum absolute atomic E-state index is 12.1. The predicted molar refractivity (Wildman–Crippen MR) is 90.4 cm³/mol. The van der Waals surface area contributed by atoms with Crippen LogP contribution in [-0.2, 0) is 10.0 Å². The van der Waals surface area contributed by atoms with Gasteiger partial charge in [0.25, 0.3) is 10.0 Å². The molecule has 0 saturated heterocycles. The molecule has 0 fully saturated rings. The molecule has 3 aromatic rings. The van der Waals surface area contributed by atoms with Gasteiger partial charge in [-0.15, -0.1) is 5.11 Å². The summed E-state index contributed by atoms with van der Waals surface area (Å²) < 4.78 is 26.7. The number of rotatable bonds is 2. The fourth-order valence-electron chi connectivity index (χ4n) is 2.57. The smallest absolute Gasteiger partial charge is 0.262 e. The van der Waals surface area contributed by atoms with Crippen molar-refractivity contribution >= 4 is 49.5 Å². The standard InChI is InChI=1S/C16H10ClN3O2S/c17-10-4-6-11(7-5-10)18-19-13-8-9-14-16-12(13)2-1-3-15(16)23(21,22)20-14/h1-9,20H. The van der Waals surface area contributed by atoms with E-state index >= 15 is 0 Å². The third-order valence-corrected chi connectivity index (χ3v) is 5.27. The molecule has 0 atom stereocenters. The lowest BCUT2D eigenvalue weighted by Gasteiger charge is -2.02. The average molecular weight is 344 g/mol. The quantitative estimate of drug-likeness (QED) is 0.663. The number of hydrogen-bond acceptors (Lipinski definition) is 4. The van der Waals surface area contributed by atoms with E-state index < -0.39 is 10.0 Å². The second kappa shape index (κ2) is 5.04. The summed E-state index contributed by atoms with van der Waals surface area (Å²) in [5.41, 5.74) is 1.85. The molecule has 0 spiro atoms. The minimum atomic E-state index is -3.48. The lowest BCUT2D eigenvalue weighted by atomic mass is 10.1. The maximum Gasteiger partial charge on any atom is 0.262 e. The molecule has 0 saturated carbocycles. The molecule has 1 heterocycles. The van der Waals surface area contributed by atoms with E-state index in [1.807, 2.05) is 6.07 Å². The van der Waals surface area contributed by atoms with Crippen molar-refractivity contribution in [2.45, 2.75) is 4.90 Å². The van der Waals surface area contributed by atoms with E-state index in [1.165, 1.54) is 0 Å². The molecule has 0 aliphatic carbocycles. The number of halogens is 1. The minimum absolute atomic E-state index is 0.272. The number of sulfonamides is 1. The summed E-state index contributed by atoms with van der Waals surface area (Å²) in [6.07, 6.45) is 0. The molecule has 5 nitrogen and oxygen atoms in total. The van der Waals surface area contributed by atoms with Crippen LogP contribution in [0.1, 0.15) is 0 Å². The molecule has 3 aromatic carbocycles. The van der Waals surface area contributed by atoms with E-state index in [1.54, 1.807) is 48.5 Å². The topological polar surface area (TPSA) is 70.9 Å². The van der Waals surface area contributed by atoms with Crippen LogP contribution in [0.3, 0.4) is 0 Å². The molecule has 4 rings (SSSR count). The highest BCUT2D eigenvalue weighted by Crippen LogP contribution is 2.41. The molecule has 1 N–H and O–H groups in total. The van der Waals surface area contributed by atoms with Crippen LogP contribution in [0.2, 0.25) is 5.02 Å². The van der Waals surface area contributed by atoms with E-state index in [-0.39, 0.29) is 4.90 Å². The Morgan fingerprint density at radius 2 is 1.70 bits per heavy atom. The Hall–Kier alpha value is -2.44. The van der Waals surface area contributed by atoms with E-state index in [0.717, 1.165) is 5.39 Å². The molecule has 1 aliphatic heterocycles. The summed E-state index contributed by atoms with van der Waals surface area (Å²) >= 11 is 5.84. The summed E-state index contributed by atoms with van der Waals surface area (Å²) in [4.78, 5) is 0.272. The predicted octanol–water partition coefficient (Wildman–Crippen LogP) is 5.02. The van der Waals surface area contributed by atoms with Gasteiger partial charge in [0.15, 0.2) is 0 Å². The first-order chi connectivity index (χ1) is 11.0. The van der Waals surface area contributed by atoms with Crippen LogP contribution in [-0.4, -0.2) is 8.42 Å². The van der Waals surface area contributed by atoms with Gasteiger partial charge in [0, 0.05) is 15.8 Å².